The number of nitrogens with one attached hydrogen (secondary N) is 1. The minimum atomic E-state index is -5.19. The number of anilines is 1. The van der Waals surface area contributed by atoms with Crippen molar-refractivity contribution in [2.24, 2.45) is 0 Å². The van der Waals surface area contributed by atoms with Crippen LogP contribution < -0.4 is 21.8 Å². The van der Waals surface area contributed by atoms with Crippen LogP contribution in [-0.4, -0.2) is 38.9 Å². The molecule has 182 valence electrons. The molecule has 2 aliphatic rings. The van der Waals surface area contributed by atoms with Gasteiger partial charge in [0.25, 0.3) is 5.91 Å². The van der Waals surface area contributed by atoms with Crippen LogP contribution in [0.25, 0.3) is 22.3 Å². The first kappa shape index (κ1) is 24.3. The highest BCUT2D eigenvalue weighted by atomic mass is 32.2. The number of fused-ring (bicyclic) bond motifs is 2. The molecule has 1 amide bonds. The van der Waals surface area contributed by atoms with Crippen molar-refractivity contribution in [2.45, 2.75) is 16.2 Å². The Morgan fingerprint density at radius 1 is 1.00 bits per heavy atom. The van der Waals surface area contributed by atoms with Crippen molar-refractivity contribution in [1.29, 1.82) is 0 Å². The first-order valence-electron chi connectivity index (χ1n) is 9.95. The summed E-state index contributed by atoms with van der Waals surface area (Å²) < 4.78 is 77.9. The number of hydrogen-bond donors (Lipinski definition) is 3. The van der Waals surface area contributed by atoms with E-state index < -0.39 is 58.3 Å². The van der Waals surface area contributed by atoms with Crippen molar-refractivity contribution in [1.82, 2.24) is 5.32 Å². The van der Waals surface area contributed by atoms with E-state index in [0.29, 0.717) is 11.1 Å². The maximum atomic E-state index is 12.4. The van der Waals surface area contributed by atoms with Crippen molar-refractivity contribution >= 4 is 42.8 Å². The van der Waals surface area contributed by atoms with Gasteiger partial charge < -0.3 is 24.6 Å². The summed E-state index contributed by atoms with van der Waals surface area (Å²) in [5.41, 5.74) is 6.00. The van der Waals surface area contributed by atoms with Crippen LogP contribution >= 0.6 is 0 Å². The van der Waals surface area contributed by atoms with Gasteiger partial charge >= 0.3 is 0 Å². The highest BCUT2D eigenvalue weighted by molar-refractivity contribution is 7.86. The molecule has 1 aliphatic heterocycles. The molecule has 0 unspecified atom stereocenters. The summed E-state index contributed by atoms with van der Waals surface area (Å²) in [5.74, 6) is -0.926. The molecule has 2 aromatic rings. The van der Waals surface area contributed by atoms with Gasteiger partial charge in [-0.15, -0.1) is 0 Å². The van der Waals surface area contributed by atoms with Crippen molar-refractivity contribution in [3.8, 4) is 11.3 Å². The van der Waals surface area contributed by atoms with Crippen molar-refractivity contribution in [3.05, 3.63) is 70.6 Å². The average molecular weight is 517 g/mol. The van der Waals surface area contributed by atoms with Gasteiger partial charge in [-0.1, -0.05) is 18.2 Å². The summed E-state index contributed by atoms with van der Waals surface area (Å²) in [5, 5.41) is 7.97. The third-order valence-corrected chi connectivity index (χ3v) is 7.34. The summed E-state index contributed by atoms with van der Waals surface area (Å²) in [7, 11) is -8.94. The minimum Gasteiger partial charge on any atom is -0.744 e. The largest absolute Gasteiger partial charge is 0.744 e. The van der Waals surface area contributed by atoms with E-state index in [1.165, 1.54) is 31.3 Å². The van der Waals surface area contributed by atoms with E-state index in [4.69, 9.17) is 15.6 Å². The third-order valence-electron chi connectivity index (χ3n) is 5.50. The van der Waals surface area contributed by atoms with Crippen LogP contribution in [0.2, 0.25) is 0 Å². The summed E-state index contributed by atoms with van der Waals surface area (Å²) in [6.45, 7) is 0. The van der Waals surface area contributed by atoms with E-state index in [0.717, 1.165) is 0 Å². The van der Waals surface area contributed by atoms with Gasteiger partial charge in [-0.25, -0.2) is 16.8 Å². The van der Waals surface area contributed by atoms with Crippen LogP contribution in [0.4, 0.5) is 5.69 Å². The predicted molar refractivity (Wildman–Crippen MR) is 121 cm³/mol. The summed E-state index contributed by atoms with van der Waals surface area (Å²) in [6, 6.07) is 11.8. The third kappa shape index (κ3) is 4.25. The molecule has 1 heterocycles. The van der Waals surface area contributed by atoms with Crippen molar-refractivity contribution in [3.63, 3.8) is 0 Å². The fourth-order valence-corrected chi connectivity index (χ4v) is 5.48. The van der Waals surface area contributed by atoms with Crippen molar-refractivity contribution in [2.75, 3.05) is 12.8 Å². The lowest BCUT2D eigenvalue weighted by molar-refractivity contribution is -0.176. The number of nitrogen functional groups attached to an aromatic ring is 1. The molecule has 0 spiro atoms. The van der Waals surface area contributed by atoms with Gasteiger partial charge in [0.1, 0.15) is 25.1 Å². The summed E-state index contributed by atoms with van der Waals surface area (Å²) in [4.78, 5) is 10.6. The molecule has 0 aromatic heterocycles. The molecule has 4 rings (SSSR count). The van der Waals surface area contributed by atoms with E-state index in [-0.39, 0.29) is 22.9 Å². The van der Waals surface area contributed by atoms with Crippen LogP contribution in [0.5, 0.6) is 0 Å². The standard InChI is InChI=1S/C22H19N3O8S2/c1-25-22(26)12-5-3-2-4-11(12)10-15-13-6-8-16(23)20(34(27,28)29)18(13)33-19-14(15)7-9-17(24)21(19)35(30,31)32/h2-9,23H,10,24H2,1H3,(H,25,26)(H,27,28,29)(H,30,31,32)/p-1. The monoisotopic (exact) mass is 516 g/mol. The number of carbonyl (C=O) groups is 1. The summed E-state index contributed by atoms with van der Waals surface area (Å²) in [6.07, 6.45) is -0.0303. The van der Waals surface area contributed by atoms with Gasteiger partial charge in [0.15, 0.2) is 16.2 Å². The zero-order chi connectivity index (χ0) is 25.7. The predicted octanol–water partition coefficient (Wildman–Crippen LogP) is -0.462. The van der Waals surface area contributed by atoms with E-state index in [9.17, 15) is 30.7 Å². The molecular weight excluding hydrogens is 498 g/mol. The fourth-order valence-electron chi connectivity index (χ4n) is 4.01. The van der Waals surface area contributed by atoms with Gasteiger partial charge in [-0.2, -0.15) is 0 Å². The van der Waals surface area contributed by atoms with E-state index >= 15 is 0 Å². The number of rotatable bonds is 5. The zero-order valence-corrected chi connectivity index (χ0v) is 19.7. The van der Waals surface area contributed by atoms with Crippen LogP contribution in [0, 0.1) is 0 Å². The molecule has 11 nitrogen and oxygen atoms in total. The molecule has 5 N–H and O–H groups in total. The topological polar surface area (TPSA) is 208 Å². The molecule has 13 heteroatoms. The maximum Gasteiger partial charge on any atom is 0.251 e. The van der Waals surface area contributed by atoms with E-state index in [1.54, 1.807) is 24.3 Å². The Labute approximate surface area is 199 Å². The molecule has 0 atom stereocenters. The maximum absolute atomic E-state index is 12.4. The number of hydrogen-bond acceptors (Lipinski definition) is 9. The molecule has 0 saturated heterocycles. The quantitative estimate of drug-likeness (QED) is 0.178. The van der Waals surface area contributed by atoms with Crippen LogP contribution in [0.3, 0.4) is 0 Å². The van der Waals surface area contributed by atoms with Gasteiger partial charge in [0, 0.05) is 29.6 Å². The average Bonchev–Trinajstić information content (AvgIpc) is 2.76. The molecule has 0 fully saturated rings. The second-order valence-corrected chi connectivity index (χ2v) is 10.3. The zero-order valence-electron chi connectivity index (χ0n) is 18.1. The van der Waals surface area contributed by atoms with Gasteiger partial charge in [0.2, 0.25) is 5.36 Å². The van der Waals surface area contributed by atoms with E-state index in [1.807, 2.05) is 0 Å². The highest BCUT2D eigenvalue weighted by Gasteiger charge is 2.28. The molecule has 1 aliphatic carbocycles. The Balaban J connectivity index is 2.21. The molecule has 2 aromatic carbocycles. The Kier molecular flexibility index (Phi) is 5.89. The Morgan fingerprint density at radius 3 is 2.29 bits per heavy atom. The lowest BCUT2D eigenvalue weighted by atomic mass is 9.92. The molecule has 0 saturated carbocycles. The smallest absolute Gasteiger partial charge is 0.251 e. The van der Waals surface area contributed by atoms with E-state index in [2.05, 4.69) is 5.32 Å². The number of nitrogens with two attached hydrogens (primary N) is 2. The second kappa shape index (κ2) is 8.46. The molecule has 0 radical (unpaired) electrons. The van der Waals surface area contributed by atoms with Crippen LogP contribution in [0.15, 0.2) is 62.7 Å². The molecule has 35 heavy (non-hydrogen) atoms. The number of benzene rings is 3. The summed E-state index contributed by atoms with van der Waals surface area (Å²) >= 11 is 0. The molecular formula is C22H18N3O8S2-. The Hall–Kier alpha value is -3.78. The normalized spacial score (nSPS) is 12.2. The minimum absolute atomic E-state index is 0.0303. The van der Waals surface area contributed by atoms with Gasteiger partial charge in [-0.05, 0) is 41.8 Å². The van der Waals surface area contributed by atoms with Crippen LogP contribution in [0.1, 0.15) is 21.5 Å². The first-order valence-corrected chi connectivity index (χ1v) is 12.8. The van der Waals surface area contributed by atoms with Gasteiger partial charge in [0.05, 0.1) is 5.69 Å². The number of carbonyl (C=O) groups excluding carboxylic acids is 1. The van der Waals surface area contributed by atoms with Crippen LogP contribution in [-0.2, 0) is 26.7 Å². The Bertz CT molecular complexity index is 1760. The first-order chi connectivity index (χ1) is 16.3. The fraction of sp³-hybridized carbons (Fsp3) is 0.0909. The number of amides is 1. The highest BCUT2D eigenvalue weighted by Crippen LogP contribution is 2.41. The lowest BCUT2D eigenvalue weighted by Crippen LogP contribution is -2.47. The molecule has 0 bridgehead atoms. The second-order valence-electron chi connectivity index (χ2n) is 7.62. The van der Waals surface area contributed by atoms with Crippen molar-refractivity contribution < 1.29 is 40.6 Å². The van der Waals surface area contributed by atoms with Gasteiger partial charge in [-0.3, -0.25) is 10.2 Å². The Morgan fingerprint density at radius 2 is 1.66 bits per heavy atom. The SMILES string of the molecule is CNC(=O)c1ccccc1Cc1c2ccc(=[NH2+])c(S(=O)(=O)[O-])c-2oc2c(S(=O)(=O)[O-])c(N)ccc12. The lowest BCUT2D eigenvalue weighted by Gasteiger charge is -2.21.